The van der Waals surface area contributed by atoms with Crippen molar-refractivity contribution in [2.75, 3.05) is 5.43 Å². The molecule has 0 saturated carbocycles. The molecule has 1 unspecified atom stereocenters. The number of hydrogen-bond acceptors (Lipinski definition) is 5. The van der Waals surface area contributed by atoms with E-state index in [-0.39, 0.29) is 11.9 Å². The lowest BCUT2D eigenvalue weighted by molar-refractivity contribution is 0.0939. The zero-order valence-electron chi connectivity index (χ0n) is 10.6. The zero-order valence-corrected chi connectivity index (χ0v) is 10.6. The monoisotopic (exact) mass is 260 g/mol. The van der Waals surface area contributed by atoms with Crippen LogP contribution in [0.25, 0.3) is 0 Å². The minimum Gasteiger partial charge on any atom is -0.469 e. The number of carbonyl (C=O) groups excluding carboxylic acids is 1. The van der Waals surface area contributed by atoms with Crippen LogP contribution in [-0.2, 0) is 6.42 Å². The van der Waals surface area contributed by atoms with Gasteiger partial charge in [-0.3, -0.25) is 4.79 Å². The maximum atomic E-state index is 11.9. The van der Waals surface area contributed by atoms with Crippen LogP contribution < -0.4 is 16.6 Å². The van der Waals surface area contributed by atoms with E-state index in [2.05, 4.69) is 15.7 Å². The number of nitrogens with two attached hydrogens (primary N) is 1. The van der Waals surface area contributed by atoms with E-state index in [4.69, 9.17) is 10.3 Å². The lowest BCUT2D eigenvalue weighted by Gasteiger charge is -2.12. The van der Waals surface area contributed by atoms with Crippen LogP contribution in [-0.4, -0.2) is 16.9 Å². The molecule has 0 aliphatic rings. The Balaban J connectivity index is 1.92. The first-order valence-electron chi connectivity index (χ1n) is 5.95. The fourth-order valence-corrected chi connectivity index (χ4v) is 1.70. The summed E-state index contributed by atoms with van der Waals surface area (Å²) >= 11 is 0. The molecule has 2 aromatic heterocycles. The fraction of sp³-hybridized carbons (Fsp3) is 0.231. The predicted octanol–water partition coefficient (Wildman–Crippen LogP) is 1.32. The number of nitrogens with zero attached hydrogens (tertiary/aromatic N) is 1. The van der Waals surface area contributed by atoms with Gasteiger partial charge < -0.3 is 15.2 Å². The quantitative estimate of drug-likeness (QED) is 0.557. The highest BCUT2D eigenvalue weighted by atomic mass is 16.3. The standard InChI is InChI=1S/C13H16N4O2/c1-9(7-11-3-2-6-19-11)16-13(18)10-4-5-12(17-14)15-8-10/h2-6,8-9H,7,14H2,1H3,(H,15,17)(H,16,18). The highest BCUT2D eigenvalue weighted by Crippen LogP contribution is 2.06. The number of anilines is 1. The van der Waals surface area contributed by atoms with Crippen LogP contribution in [0, 0.1) is 0 Å². The van der Waals surface area contributed by atoms with E-state index in [1.807, 2.05) is 19.1 Å². The second kappa shape index (κ2) is 6.01. The van der Waals surface area contributed by atoms with Crippen molar-refractivity contribution < 1.29 is 9.21 Å². The van der Waals surface area contributed by atoms with Crippen molar-refractivity contribution in [3.05, 3.63) is 48.0 Å². The second-order valence-corrected chi connectivity index (χ2v) is 4.23. The Kier molecular flexibility index (Phi) is 4.15. The molecule has 19 heavy (non-hydrogen) atoms. The van der Waals surface area contributed by atoms with Gasteiger partial charge in [0.2, 0.25) is 0 Å². The molecule has 2 heterocycles. The Labute approximate surface area is 111 Å². The van der Waals surface area contributed by atoms with Gasteiger partial charge in [0.15, 0.2) is 0 Å². The Morgan fingerprint density at radius 2 is 2.32 bits per heavy atom. The maximum Gasteiger partial charge on any atom is 0.253 e. The second-order valence-electron chi connectivity index (χ2n) is 4.23. The van der Waals surface area contributed by atoms with E-state index in [1.54, 1.807) is 18.4 Å². The summed E-state index contributed by atoms with van der Waals surface area (Å²) in [5, 5.41) is 2.88. The Morgan fingerprint density at radius 3 is 2.89 bits per heavy atom. The SMILES string of the molecule is CC(Cc1ccco1)NC(=O)c1ccc(NN)nc1. The third-order valence-corrected chi connectivity index (χ3v) is 2.64. The molecule has 0 aromatic carbocycles. The third-order valence-electron chi connectivity index (χ3n) is 2.64. The van der Waals surface area contributed by atoms with Gasteiger partial charge in [-0.15, -0.1) is 0 Å². The lowest BCUT2D eigenvalue weighted by atomic mass is 10.2. The molecule has 0 bridgehead atoms. The number of aromatic nitrogens is 1. The summed E-state index contributed by atoms with van der Waals surface area (Å²) in [5.74, 6) is 6.39. The zero-order chi connectivity index (χ0) is 13.7. The van der Waals surface area contributed by atoms with Crippen molar-refractivity contribution >= 4 is 11.7 Å². The minimum atomic E-state index is -0.171. The van der Waals surface area contributed by atoms with Crippen molar-refractivity contribution in [3.8, 4) is 0 Å². The van der Waals surface area contributed by atoms with Crippen LogP contribution >= 0.6 is 0 Å². The molecule has 0 aliphatic heterocycles. The number of carbonyl (C=O) groups is 1. The smallest absolute Gasteiger partial charge is 0.253 e. The Morgan fingerprint density at radius 1 is 1.47 bits per heavy atom. The van der Waals surface area contributed by atoms with Gasteiger partial charge in [-0.25, -0.2) is 10.8 Å². The lowest BCUT2D eigenvalue weighted by Crippen LogP contribution is -2.34. The number of pyridine rings is 1. The average molecular weight is 260 g/mol. The molecular formula is C13H16N4O2. The first-order chi connectivity index (χ1) is 9.19. The van der Waals surface area contributed by atoms with Crippen molar-refractivity contribution in [1.29, 1.82) is 0 Å². The minimum absolute atomic E-state index is 0.0223. The van der Waals surface area contributed by atoms with Crippen LogP contribution in [0.15, 0.2) is 41.1 Å². The summed E-state index contributed by atoms with van der Waals surface area (Å²) in [4.78, 5) is 15.9. The van der Waals surface area contributed by atoms with Crippen LogP contribution in [0.2, 0.25) is 0 Å². The van der Waals surface area contributed by atoms with E-state index < -0.39 is 0 Å². The molecule has 6 heteroatoms. The summed E-state index contributed by atoms with van der Waals surface area (Å²) in [6.07, 6.45) is 3.74. The van der Waals surface area contributed by atoms with E-state index in [1.165, 1.54) is 6.20 Å². The predicted molar refractivity (Wildman–Crippen MR) is 71.4 cm³/mol. The molecule has 1 atom stereocenters. The number of hydrogen-bond donors (Lipinski definition) is 3. The van der Waals surface area contributed by atoms with Crippen molar-refractivity contribution in [2.24, 2.45) is 5.84 Å². The van der Waals surface area contributed by atoms with Gasteiger partial charge in [-0.2, -0.15) is 0 Å². The normalized spacial score (nSPS) is 11.9. The first kappa shape index (κ1) is 13.1. The van der Waals surface area contributed by atoms with Crippen LogP contribution in [0.1, 0.15) is 23.0 Å². The molecule has 100 valence electrons. The molecule has 2 rings (SSSR count). The topological polar surface area (TPSA) is 93.2 Å². The molecular weight excluding hydrogens is 244 g/mol. The molecule has 4 N–H and O–H groups in total. The van der Waals surface area contributed by atoms with Gasteiger partial charge in [-0.1, -0.05) is 0 Å². The summed E-state index contributed by atoms with van der Waals surface area (Å²) < 4.78 is 5.24. The Hall–Kier alpha value is -2.34. The highest BCUT2D eigenvalue weighted by molar-refractivity contribution is 5.94. The summed E-state index contributed by atoms with van der Waals surface area (Å²) in [6, 6.07) is 6.99. The molecule has 0 saturated heterocycles. The van der Waals surface area contributed by atoms with Gasteiger partial charge in [0.25, 0.3) is 5.91 Å². The number of hydrazine groups is 1. The van der Waals surface area contributed by atoms with Gasteiger partial charge in [0, 0.05) is 18.7 Å². The molecule has 0 spiro atoms. The molecule has 0 aliphatic carbocycles. The fourth-order valence-electron chi connectivity index (χ4n) is 1.70. The third kappa shape index (κ3) is 3.56. The van der Waals surface area contributed by atoms with E-state index in [0.29, 0.717) is 17.8 Å². The molecule has 6 nitrogen and oxygen atoms in total. The number of amides is 1. The van der Waals surface area contributed by atoms with Crippen LogP contribution in [0.4, 0.5) is 5.82 Å². The number of nitrogen functional groups attached to an aromatic ring is 1. The van der Waals surface area contributed by atoms with Gasteiger partial charge in [0.05, 0.1) is 11.8 Å². The van der Waals surface area contributed by atoms with E-state index in [9.17, 15) is 4.79 Å². The van der Waals surface area contributed by atoms with Gasteiger partial charge in [-0.05, 0) is 31.2 Å². The van der Waals surface area contributed by atoms with Crippen molar-refractivity contribution in [2.45, 2.75) is 19.4 Å². The Bertz CT molecular complexity index is 522. The van der Waals surface area contributed by atoms with Crippen molar-refractivity contribution in [1.82, 2.24) is 10.3 Å². The average Bonchev–Trinajstić information content (AvgIpc) is 2.91. The molecule has 2 aromatic rings. The van der Waals surface area contributed by atoms with Crippen LogP contribution in [0.3, 0.4) is 0 Å². The highest BCUT2D eigenvalue weighted by Gasteiger charge is 2.11. The maximum absolute atomic E-state index is 11.9. The van der Waals surface area contributed by atoms with E-state index >= 15 is 0 Å². The molecule has 0 fully saturated rings. The van der Waals surface area contributed by atoms with Gasteiger partial charge in [0.1, 0.15) is 11.6 Å². The van der Waals surface area contributed by atoms with Crippen molar-refractivity contribution in [3.63, 3.8) is 0 Å². The summed E-state index contributed by atoms with van der Waals surface area (Å²) in [5.41, 5.74) is 2.90. The van der Waals surface area contributed by atoms with Gasteiger partial charge >= 0.3 is 0 Å². The largest absolute Gasteiger partial charge is 0.469 e. The van der Waals surface area contributed by atoms with E-state index in [0.717, 1.165) is 5.76 Å². The number of rotatable bonds is 5. The first-order valence-corrected chi connectivity index (χ1v) is 5.95. The number of furan rings is 1. The van der Waals surface area contributed by atoms with Crippen LogP contribution in [0.5, 0.6) is 0 Å². The number of nitrogens with one attached hydrogen (secondary N) is 2. The molecule has 1 amide bonds. The summed E-state index contributed by atoms with van der Waals surface area (Å²) in [6.45, 7) is 1.92. The summed E-state index contributed by atoms with van der Waals surface area (Å²) in [7, 11) is 0. The molecule has 0 radical (unpaired) electrons.